The number of furan rings is 1. The molecule has 2 aromatic heterocycles. The van der Waals surface area contributed by atoms with Crippen molar-refractivity contribution in [3.8, 4) is 0 Å². The summed E-state index contributed by atoms with van der Waals surface area (Å²) in [6.07, 6.45) is 0. The zero-order chi connectivity index (χ0) is 14.8. The van der Waals surface area contributed by atoms with Crippen molar-refractivity contribution >= 4 is 34.4 Å². The lowest BCUT2D eigenvalue weighted by Gasteiger charge is -2.05. The summed E-state index contributed by atoms with van der Waals surface area (Å²) in [7, 11) is 0. The van der Waals surface area contributed by atoms with E-state index >= 15 is 0 Å². The maximum atomic E-state index is 12.1. The Morgan fingerprint density at radius 3 is 2.57 bits per heavy atom. The molecule has 0 aliphatic heterocycles. The standard InChI is InChI=1S/C14H11ClN4O2/c15-12-13(18-10-4-2-1-3-9(10)17-12)19-14(20)11-6-5-8(7-16)21-11/h1-6H,7,16H2,(H,18,19,20). The molecule has 0 saturated carbocycles. The number of fused-ring (bicyclic) bond motifs is 1. The maximum absolute atomic E-state index is 12.1. The normalized spacial score (nSPS) is 10.8. The van der Waals surface area contributed by atoms with Crippen molar-refractivity contribution in [1.29, 1.82) is 0 Å². The Morgan fingerprint density at radius 2 is 1.90 bits per heavy atom. The summed E-state index contributed by atoms with van der Waals surface area (Å²) in [5.74, 6) is 0.393. The molecule has 7 heteroatoms. The topological polar surface area (TPSA) is 94.0 Å². The van der Waals surface area contributed by atoms with Crippen LogP contribution in [0.1, 0.15) is 16.3 Å². The summed E-state index contributed by atoms with van der Waals surface area (Å²) in [6.45, 7) is 0.226. The molecule has 6 nitrogen and oxygen atoms in total. The lowest BCUT2D eigenvalue weighted by molar-refractivity contribution is 0.0994. The molecule has 0 spiro atoms. The van der Waals surface area contributed by atoms with Crippen LogP contribution in [0.3, 0.4) is 0 Å². The van der Waals surface area contributed by atoms with Gasteiger partial charge in [0.1, 0.15) is 5.76 Å². The van der Waals surface area contributed by atoms with Gasteiger partial charge in [0.25, 0.3) is 5.91 Å². The van der Waals surface area contributed by atoms with E-state index in [0.29, 0.717) is 16.8 Å². The SMILES string of the molecule is NCc1ccc(C(=O)Nc2nc3ccccc3nc2Cl)o1. The first-order valence-corrected chi connectivity index (χ1v) is 6.57. The van der Waals surface area contributed by atoms with Crippen LogP contribution in [0.2, 0.25) is 5.15 Å². The molecule has 3 aromatic rings. The van der Waals surface area contributed by atoms with Crippen LogP contribution in [0.25, 0.3) is 11.0 Å². The molecule has 21 heavy (non-hydrogen) atoms. The van der Waals surface area contributed by atoms with Crippen LogP contribution in [0, 0.1) is 0 Å². The third-order valence-electron chi connectivity index (χ3n) is 2.85. The first-order chi connectivity index (χ1) is 10.2. The second-order valence-corrected chi connectivity index (χ2v) is 4.63. The van der Waals surface area contributed by atoms with E-state index in [1.165, 1.54) is 0 Å². The first-order valence-electron chi connectivity index (χ1n) is 6.20. The molecule has 0 aliphatic rings. The number of hydrogen-bond donors (Lipinski definition) is 2. The zero-order valence-corrected chi connectivity index (χ0v) is 11.6. The predicted octanol–water partition coefficient (Wildman–Crippen LogP) is 2.59. The number of nitrogens with one attached hydrogen (secondary N) is 1. The third kappa shape index (κ3) is 2.72. The summed E-state index contributed by atoms with van der Waals surface area (Å²) in [4.78, 5) is 20.5. The van der Waals surface area contributed by atoms with Crippen molar-refractivity contribution in [2.75, 3.05) is 5.32 Å². The number of carbonyl (C=O) groups is 1. The summed E-state index contributed by atoms with van der Waals surface area (Å²) in [5.41, 5.74) is 6.73. The number of halogens is 1. The van der Waals surface area contributed by atoms with E-state index in [4.69, 9.17) is 21.8 Å². The molecule has 1 aromatic carbocycles. The molecule has 0 radical (unpaired) electrons. The molecule has 0 saturated heterocycles. The van der Waals surface area contributed by atoms with Crippen molar-refractivity contribution in [2.24, 2.45) is 5.73 Å². The van der Waals surface area contributed by atoms with Crippen LogP contribution in [0.15, 0.2) is 40.8 Å². The molecular formula is C14H11ClN4O2. The Balaban J connectivity index is 1.90. The summed E-state index contributed by atoms with van der Waals surface area (Å²) in [6, 6.07) is 10.4. The van der Waals surface area contributed by atoms with E-state index in [9.17, 15) is 4.79 Å². The first kappa shape index (κ1) is 13.5. The monoisotopic (exact) mass is 302 g/mol. The largest absolute Gasteiger partial charge is 0.455 e. The number of para-hydroxylation sites is 2. The molecule has 1 amide bonds. The number of rotatable bonds is 3. The number of nitrogens with two attached hydrogens (primary N) is 1. The number of carbonyl (C=O) groups excluding carboxylic acids is 1. The summed E-state index contributed by atoms with van der Waals surface area (Å²) in [5, 5.41) is 2.70. The van der Waals surface area contributed by atoms with Gasteiger partial charge in [-0.3, -0.25) is 4.79 Å². The fraction of sp³-hybridized carbons (Fsp3) is 0.0714. The minimum absolute atomic E-state index is 0.118. The smallest absolute Gasteiger partial charge is 0.292 e. The van der Waals surface area contributed by atoms with Crippen LogP contribution >= 0.6 is 11.6 Å². The molecule has 3 rings (SSSR count). The Bertz CT molecular complexity index is 816. The highest BCUT2D eigenvalue weighted by Gasteiger charge is 2.15. The van der Waals surface area contributed by atoms with Crippen molar-refractivity contribution in [3.63, 3.8) is 0 Å². The second-order valence-electron chi connectivity index (χ2n) is 4.28. The van der Waals surface area contributed by atoms with Gasteiger partial charge in [0.2, 0.25) is 0 Å². The quantitative estimate of drug-likeness (QED) is 0.775. The molecule has 0 bridgehead atoms. The van der Waals surface area contributed by atoms with Gasteiger partial charge in [-0.15, -0.1) is 0 Å². The van der Waals surface area contributed by atoms with E-state index in [1.807, 2.05) is 12.1 Å². The summed E-state index contributed by atoms with van der Waals surface area (Å²) >= 11 is 6.03. The molecule has 2 heterocycles. The van der Waals surface area contributed by atoms with Crippen LogP contribution in [-0.2, 0) is 6.54 Å². The van der Waals surface area contributed by atoms with Gasteiger partial charge in [-0.1, -0.05) is 23.7 Å². The maximum Gasteiger partial charge on any atom is 0.292 e. The van der Waals surface area contributed by atoms with Crippen molar-refractivity contribution in [1.82, 2.24) is 9.97 Å². The van der Waals surface area contributed by atoms with Gasteiger partial charge in [-0.2, -0.15) is 0 Å². The number of anilines is 1. The van der Waals surface area contributed by atoms with Gasteiger partial charge in [0.05, 0.1) is 17.6 Å². The predicted molar refractivity (Wildman–Crippen MR) is 79.1 cm³/mol. The van der Waals surface area contributed by atoms with Gasteiger partial charge < -0.3 is 15.5 Å². The van der Waals surface area contributed by atoms with Gasteiger partial charge in [0, 0.05) is 0 Å². The molecule has 0 atom stereocenters. The molecule has 0 fully saturated rings. The Hall–Kier alpha value is -2.44. The van der Waals surface area contributed by atoms with E-state index in [0.717, 1.165) is 0 Å². The highest BCUT2D eigenvalue weighted by molar-refractivity contribution is 6.32. The van der Waals surface area contributed by atoms with E-state index < -0.39 is 5.91 Å². The molecule has 106 valence electrons. The van der Waals surface area contributed by atoms with Crippen molar-refractivity contribution < 1.29 is 9.21 Å². The average Bonchev–Trinajstić information content (AvgIpc) is 2.97. The van der Waals surface area contributed by atoms with Crippen LogP contribution in [0.5, 0.6) is 0 Å². The Labute approximate surface area is 124 Å². The molecule has 3 N–H and O–H groups in total. The summed E-state index contributed by atoms with van der Waals surface area (Å²) < 4.78 is 5.27. The van der Waals surface area contributed by atoms with Crippen LogP contribution < -0.4 is 11.1 Å². The fourth-order valence-corrected chi connectivity index (χ4v) is 2.02. The van der Waals surface area contributed by atoms with E-state index in [1.54, 1.807) is 24.3 Å². The number of benzene rings is 1. The van der Waals surface area contributed by atoms with Crippen LogP contribution in [0.4, 0.5) is 5.82 Å². The van der Waals surface area contributed by atoms with Gasteiger partial charge in [0.15, 0.2) is 16.7 Å². The Kier molecular flexibility index (Phi) is 3.55. The minimum atomic E-state index is -0.457. The van der Waals surface area contributed by atoms with Gasteiger partial charge in [-0.25, -0.2) is 9.97 Å². The number of amides is 1. The van der Waals surface area contributed by atoms with Crippen LogP contribution in [-0.4, -0.2) is 15.9 Å². The fourth-order valence-electron chi connectivity index (χ4n) is 1.84. The van der Waals surface area contributed by atoms with E-state index in [2.05, 4.69) is 15.3 Å². The highest BCUT2D eigenvalue weighted by Crippen LogP contribution is 2.21. The van der Waals surface area contributed by atoms with Gasteiger partial charge >= 0.3 is 0 Å². The van der Waals surface area contributed by atoms with E-state index in [-0.39, 0.29) is 23.3 Å². The number of nitrogens with zero attached hydrogens (tertiary/aromatic N) is 2. The lowest BCUT2D eigenvalue weighted by Crippen LogP contribution is -2.13. The molecule has 0 aliphatic carbocycles. The minimum Gasteiger partial charge on any atom is -0.455 e. The number of hydrogen-bond acceptors (Lipinski definition) is 5. The van der Waals surface area contributed by atoms with Crippen molar-refractivity contribution in [2.45, 2.75) is 6.54 Å². The average molecular weight is 303 g/mol. The Morgan fingerprint density at radius 1 is 1.19 bits per heavy atom. The zero-order valence-electron chi connectivity index (χ0n) is 10.8. The van der Waals surface area contributed by atoms with Crippen molar-refractivity contribution in [3.05, 3.63) is 53.1 Å². The van der Waals surface area contributed by atoms with Gasteiger partial charge in [-0.05, 0) is 24.3 Å². The highest BCUT2D eigenvalue weighted by atomic mass is 35.5. The third-order valence-corrected chi connectivity index (χ3v) is 3.11. The molecular weight excluding hydrogens is 292 g/mol. The number of aromatic nitrogens is 2. The molecule has 0 unspecified atom stereocenters. The lowest BCUT2D eigenvalue weighted by atomic mass is 10.3. The second kappa shape index (κ2) is 5.51.